The van der Waals surface area contributed by atoms with Crippen molar-refractivity contribution in [2.75, 3.05) is 14.2 Å². The molecule has 0 unspecified atom stereocenters. The molecular formula is C12H14BNO3. The van der Waals surface area contributed by atoms with E-state index in [1.165, 1.54) is 13.2 Å². The van der Waals surface area contributed by atoms with Crippen LogP contribution in [0.1, 0.15) is 11.1 Å². The van der Waals surface area contributed by atoms with Gasteiger partial charge in [0.25, 0.3) is 0 Å². The summed E-state index contributed by atoms with van der Waals surface area (Å²) in [4.78, 5) is 11.0. The Balaban J connectivity index is 2.97. The lowest BCUT2D eigenvalue weighted by Gasteiger charge is -2.08. The van der Waals surface area contributed by atoms with E-state index in [9.17, 15) is 4.79 Å². The average Bonchev–Trinajstić information content (AvgIpc) is 2.37. The first-order valence-electron chi connectivity index (χ1n) is 5.07. The van der Waals surface area contributed by atoms with Gasteiger partial charge in [-0.05, 0) is 29.3 Å². The fourth-order valence-corrected chi connectivity index (χ4v) is 1.36. The summed E-state index contributed by atoms with van der Waals surface area (Å²) in [5, 5.41) is 2.57. The Morgan fingerprint density at radius 3 is 2.82 bits per heavy atom. The van der Waals surface area contributed by atoms with Gasteiger partial charge in [-0.1, -0.05) is 6.07 Å². The van der Waals surface area contributed by atoms with E-state index in [2.05, 4.69) is 9.96 Å². The molecule has 0 bridgehead atoms. The van der Waals surface area contributed by atoms with Gasteiger partial charge in [-0.25, -0.2) is 4.79 Å². The summed E-state index contributed by atoms with van der Waals surface area (Å²) in [6.07, 6.45) is 3.04. The van der Waals surface area contributed by atoms with Gasteiger partial charge in [-0.3, -0.25) is 0 Å². The summed E-state index contributed by atoms with van der Waals surface area (Å²) in [6.45, 7) is 0.484. The van der Waals surface area contributed by atoms with Crippen molar-refractivity contribution in [1.29, 1.82) is 0 Å². The molecule has 5 heteroatoms. The molecule has 0 aromatic heterocycles. The van der Waals surface area contributed by atoms with Crippen molar-refractivity contribution in [2.24, 2.45) is 0 Å². The van der Waals surface area contributed by atoms with Gasteiger partial charge in [0, 0.05) is 12.6 Å². The fraction of sp³-hybridized carbons (Fsp3) is 0.250. The van der Waals surface area contributed by atoms with E-state index in [-0.39, 0.29) is 0 Å². The number of nitrogens with one attached hydrogen (secondary N) is 1. The van der Waals surface area contributed by atoms with Crippen LogP contribution in [0.3, 0.4) is 0 Å². The molecule has 0 aliphatic heterocycles. The van der Waals surface area contributed by atoms with Crippen molar-refractivity contribution in [2.45, 2.75) is 6.54 Å². The number of hydrogen-bond acceptors (Lipinski definition) is 4. The first kappa shape index (κ1) is 13.3. The molecule has 0 aliphatic carbocycles. The van der Waals surface area contributed by atoms with Gasteiger partial charge in [0.1, 0.15) is 5.75 Å². The van der Waals surface area contributed by atoms with Crippen molar-refractivity contribution in [3.05, 3.63) is 35.4 Å². The second kappa shape index (κ2) is 6.76. The second-order valence-corrected chi connectivity index (χ2v) is 3.30. The summed E-state index contributed by atoms with van der Waals surface area (Å²) in [5.41, 5.74) is 1.82. The summed E-state index contributed by atoms with van der Waals surface area (Å²) in [5.74, 6) is 0.345. The third kappa shape index (κ3) is 3.96. The number of carbonyl (C=O) groups excluding carboxylic acids is 1. The molecule has 0 heterocycles. The van der Waals surface area contributed by atoms with Crippen molar-refractivity contribution >= 4 is 20.0 Å². The van der Waals surface area contributed by atoms with Crippen molar-refractivity contribution in [3.8, 4) is 5.75 Å². The van der Waals surface area contributed by atoms with Crippen LogP contribution in [0.5, 0.6) is 5.75 Å². The van der Waals surface area contributed by atoms with E-state index < -0.39 is 5.97 Å². The van der Waals surface area contributed by atoms with Crippen LogP contribution < -0.4 is 9.96 Å². The first-order chi connectivity index (χ1) is 8.21. The van der Waals surface area contributed by atoms with Crippen LogP contribution in [0.2, 0.25) is 0 Å². The van der Waals surface area contributed by atoms with E-state index in [1.54, 1.807) is 13.2 Å². The number of esters is 1. The molecule has 88 valence electrons. The molecule has 0 saturated carbocycles. The Hall–Kier alpha value is -1.75. The molecule has 2 radical (unpaired) electrons. The number of benzene rings is 1. The highest BCUT2D eigenvalue weighted by Crippen LogP contribution is 2.18. The zero-order chi connectivity index (χ0) is 12.7. The average molecular weight is 231 g/mol. The van der Waals surface area contributed by atoms with Gasteiger partial charge in [0.2, 0.25) is 0 Å². The third-order valence-corrected chi connectivity index (χ3v) is 2.24. The molecule has 0 fully saturated rings. The molecule has 0 spiro atoms. The molecule has 1 N–H and O–H groups in total. The highest BCUT2D eigenvalue weighted by Gasteiger charge is 2.02. The smallest absolute Gasteiger partial charge is 0.330 e. The molecule has 0 aliphatic rings. The Morgan fingerprint density at radius 1 is 1.47 bits per heavy atom. The van der Waals surface area contributed by atoms with E-state index in [0.717, 1.165) is 16.9 Å². The molecule has 4 nitrogen and oxygen atoms in total. The SMILES string of the molecule is [B]NCc1cc(OC)ccc1/C=C/C(=O)OC. The Bertz CT molecular complexity index is 418. The van der Waals surface area contributed by atoms with Crippen molar-refractivity contribution in [3.63, 3.8) is 0 Å². The maximum absolute atomic E-state index is 11.0. The topological polar surface area (TPSA) is 47.6 Å². The normalized spacial score (nSPS) is 10.5. The fourth-order valence-electron chi connectivity index (χ4n) is 1.36. The molecule has 1 aromatic rings. The summed E-state index contributed by atoms with van der Waals surface area (Å²) >= 11 is 0. The van der Waals surface area contributed by atoms with Crippen LogP contribution in [-0.4, -0.2) is 28.2 Å². The van der Waals surface area contributed by atoms with Crippen LogP contribution in [0.25, 0.3) is 6.08 Å². The van der Waals surface area contributed by atoms with Crippen LogP contribution in [0.4, 0.5) is 0 Å². The Kier molecular flexibility index (Phi) is 5.29. The lowest BCUT2D eigenvalue weighted by atomic mass is 10.1. The van der Waals surface area contributed by atoms with Gasteiger partial charge in [-0.2, -0.15) is 0 Å². The lowest BCUT2D eigenvalue weighted by molar-refractivity contribution is -0.134. The number of rotatable bonds is 5. The molecule has 1 rings (SSSR count). The van der Waals surface area contributed by atoms with Gasteiger partial charge in [-0.15, -0.1) is 0 Å². The van der Waals surface area contributed by atoms with Crippen molar-refractivity contribution in [1.82, 2.24) is 5.23 Å². The predicted molar refractivity (Wildman–Crippen MR) is 66.6 cm³/mol. The predicted octanol–water partition coefficient (Wildman–Crippen LogP) is 1.05. The number of carbonyl (C=O) groups is 1. The van der Waals surface area contributed by atoms with E-state index in [4.69, 9.17) is 12.7 Å². The molecule has 0 saturated heterocycles. The highest BCUT2D eigenvalue weighted by molar-refractivity contribution is 6.04. The summed E-state index contributed by atoms with van der Waals surface area (Å²) in [6, 6.07) is 5.53. The number of hydrogen-bond donors (Lipinski definition) is 1. The Labute approximate surface area is 102 Å². The zero-order valence-corrected chi connectivity index (χ0v) is 9.90. The van der Waals surface area contributed by atoms with E-state index in [1.807, 2.05) is 18.2 Å². The maximum atomic E-state index is 11.0. The van der Waals surface area contributed by atoms with Crippen LogP contribution >= 0.6 is 0 Å². The molecule has 0 amide bonds. The third-order valence-electron chi connectivity index (χ3n) is 2.24. The zero-order valence-electron chi connectivity index (χ0n) is 9.90. The van der Waals surface area contributed by atoms with Gasteiger partial charge in [0.05, 0.1) is 14.2 Å². The molecule has 1 aromatic carbocycles. The monoisotopic (exact) mass is 231 g/mol. The van der Waals surface area contributed by atoms with Crippen LogP contribution in [-0.2, 0) is 16.1 Å². The summed E-state index contributed by atoms with van der Waals surface area (Å²) in [7, 11) is 8.23. The standard InChI is InChI=1S/C12H14BNO3/c1-16-11-5-3-9(4-6-12(15)17-2)10(7-11)8-14-13/h3-7,14H,8H2,1-2H3/b6-4+. The van der Waals surface area contributed by atoms with Crippen LogP contribution in [0.15, 0.2) is 24.3 Å². The highest BCUT2D eigenvalue weighted by atomic mass is 16.5. The quantitative estimate of drug-likeness (QED) is 0.467. The molecule has 0 atom stereocenters. The minimum atomic E-state index is -0.396. The van der Waals surface area contributed by atoms with Gasteiger partial charge >= 0.3 is 5.97 Å². The minimum Gasteiger partial charge on any atom is -0.497 e. The van der Waals surface area contributed by atoms with Crippen molar-refractivity contribution < 1.29 is 14.3 Å². The molecular weight excluding hydrogens is 217 g/mol. The second-order valence-electron chi connectivity index (χ2n) is 3.30. The lowest BCUT2D eigenvalue weighted by Crippen LogP contribution is -2.08. The van der Waals surface area contributed by atoms with Gasteiger partial charge in [0.15, 0.2) is 7.98 Å². The number of methoxy groups -OCH3 is 2. The minimum absolute atomic E-state index is 0.396. The van der Waals surface area contributed by atoms with Gasteiger partial charge < -0.3 is 14.7 Å². The largest absolute Gasteiger partial charge is 0.497 e. The number of ether oxygens (including phenoxy) is 2. The van der Waals surface area contributed by atoms with Crippen LogP contribution in [0, 0.1) is 0 Å². The van der Waals surface area contributed by atoms with E-state index in [0.29, 0.717) is 6.54 Å². The Morgan fingerprint density at radius 2 is 2.24 bits per heavy atom. The molecule has 17 heavy (non-hydrogen) atoms. The van der Waals surface area contributed by atoms with E-state index >= 15 is 0 Å². The first-order valence-corrected chi connectivity index (χ1v) is 5.07. The maximum Gasteiger partial charge on any atom is 0.330 e. The summed E-state index contributed by atoms with van der Waals surface area (Å²) < 4.78 is 9.64.